The normalized spacial score (nSPS) is 10.5. The number of rotatable bonds is 8. The van der Waals surface area contributed by atoms with E-state index < -0.39 is 0 Å². The predicted octanol–water partition coefficient (Wildman–Crippen LogP) is 4.03. The van der Waals surface area contributed by atoms with E-state index in [1.54, 1.807) is 31.8 Å². The van der Waals surface area contributed by atoms with Crippen LogP contribution in [0.5, 0.6) is 11.5 Å². The fraction of sp³-hybridized carbons (Fsp3) is 0.238. The Labute approximate surface area is 172 Å². The van der Waals surface area contributed by atoms with Gasteiger partial charge in [-0.1, -0.05) is 24.3 Å². The minimum Gasteiger partial charge on any atom is -0.493 e. The molecule has 0 saturated carbocycles. The number of imidazole rings is 1. The van der Waals surface area contributed by atoms with Gasteiger partial charge < -0.3 is 19.4 Å². The van der Waals surface area contributed by atoms with Gasteiger partial charge in [0.1, 0.15) is 0 Å². The Kier molecular flexibility index (Phi) is 6.71. The molecule has 2 aromatic carbocycles. The molecule has 7 heteroatoms. The van der Waals surface area contributed by atoms with E-state index in [-0.39, 0.29) is 5.91 Å². The van der Waals surface area contributed by atoms with Crippen LogP contribution in [-0.4, -0.2) is 29.2 Å². The molecule has 0 atom stereocenters. The SMILES string of the molecule is CCOc1c(Br)cc(C(=O)NCc2ccccc2Cn2ccnc2)cc1OC. The van der Waals surface area contributed by atoms with Crippen LogP contribution in [-0.2, 0) is 13.1 Å². The summed E-state index contributed by atoms with van der Waals surface area (Å²) in [4.78, 5) is 16.8. The first-order valence-electron chi connectivity index (χ1n) is 8.93. The first kappa shape index (κ1) is 19.9. The van der Waals surface area contributed by atoms with E-state index >= 15 is 0 Å². The van der Waals surface area contributed by atoms with Gasteiger partial charge in [-0.2, -0.15) is 0 Å². The molecule has 3 rings (SSSR count). The smallest absolute Gasteiger partial charge is 0.251 e. The van der Waals surface area contributed by atoms with Gasteiger partial charge in [0.25, 0.3) is 5.91 Å². The lowest BCUT2D eigenvalue weighted by Crippen LogP contribution is -2.23. The first-order chi connectivity index (χ1) is 13.6. The molecule has 1 amide bonds. The Morgan fingerprint density at radius 2 is 2.04 bits per heavy atom. The topological polar surface area (TPSA) is 65.4 Å². The lowest BCUT2D eigenvalue weighted by molar-refractivity contribution is 0.0950. The number of aromatic nitrogens is 2. The molecule has 0 spiro atoms. The Hall–Kier alpha value is -2.80. The van der Waals surface area contributed by atoms with Crippen LogP contribution in [0.25, 0.3) is 0 Å². The van der Waals surface area contributed by atoms with Gasteiger partial charge in [0.2, 0.25) is 0 Å². The highest BCUT2D eigenvalue weighted by atomic mass is 79.9. The number of methoxy groups -OCH3 is 1. The Morgan fingerprint density at radius 3 is 2.71 bits per heavy atom. The van der Waals surface area contributed by atoms with Crippen molar-refractivity contribution >= 4 is 21.8 Å². The average molecular weight is 444 g/mol. The van der Waals surface area contributed by atoms with Gasteiger partial charge in [-0.15, -0.1) is 0 Å². The minimum absolute atomic E-state index is 0.181. The van der Waals surface area contributed by atoms with Crippen LogP contribution >= 0.6 is 15.9 Å². The van der Waals surface area contributed by atoms with Gasteiger partial charge in [-0.25, -0.2) is 4.98 Å². The second kappa shape index (κ2) is 9.41. The van der Waals surface area contributed by atoms with Crippen molar-refractivity contribution in [3.63, 3.8) is 0 Å². The Balaban J connectivity index is 1.73. The second-order valence-corrected chi connectivity index (χ2v) is 6.96. The predicted molar refractivity (Wildman–Crippen MR) is 111 cm³/mol. The van der Waals surface area contributed by atoms with Gasteiger partial charge in [0, 0.05) is 31.0 Å². The molecule has 0 saturated heterocycles. The molecule has 0 aliphatic heterocycles. The molecule has 1 heterocycles. The molecule has 1 aromatic heterocycles. The van der Waals surface area contributed by atoms with E-state index in [1.807, 2.05) is 35.9 Å². The molecule has 0 fully saturated rings. The fourth-order valence-electron chi connectivity index (χ4n) is 2.87. The number of halogens is 1. The molecule has 0 radical (unpaired) electrons. The van der Waals surface area contributed by atoms with Gasteiger partial charge in [0.05, 0.1) is 24.5 Å². The number of nitrogens with zero attached hydrogens (tertiary/aromatic N) is 2. The van der Waals surface area contributed by atoms with E-state index in [2.05, 4.69) is 32.3 Å². The van der Waals surface area contributed by atoms with Gasteiger partial charge >= 0.3 is 0 Å². The first-order valence-corrected chi connectivity index (χ1v) is 9.72. The zero-order chi connectivity index (χ0) is 19.9. The molecule has 28 heavy (non-hydrogen) atoms. The molecule has 6 nitrogen and oxygen atoms in total. The summed E-state index contributed by atoms with van der Waals surface area (Å²) in [6, 6.07) is 11.4. The number of hydrogen-bond donors (Lipinski definition) is 1. The Morgan fingerprint density at radius 1 is 1.25 bits per heavy atom. The molecule has 3 aromatic rings. The number of nitrogens with one attached hydrogen (secondary N) is 1. The van der Waals surface area contributed by atoms with Gasteiger partial charge in [-0.3, -0.25) is 4.79 Å². The number of ether oxygens (including phenoxy) is 2. The number of carbonyl (C=O) groups excluding carboxylic acids is 1. The largest absolute Gasteiger partial charge is 0.493 e. The standard InChI is InChI=1S/C21H22BrN3O3/c1-3-28-20-18(22)10-17(11-19(20)27-2)21(26)24-12-15-6-4-5-7-16(15)13-25-9-8-23-14-25/h4-11,14H,3,12-13H2,1-2H3,(H,24,26). The molecular formula is C21H22BrN3O3. The maximum absolute atomic E-state index is 12.7. The molecule has 0 unspecified atom stereocenters. The fourth-order valence-corrected chi connectivity index (χ4v) is 3.43. The molecule has 146 valence electrons. The lowest BCUT2D eigenvalue weighted by atomic mass is 10.1. The van der Waals surface area contributed by atoms with E-state index in [0.717, 1.165) is 11.1 Å². The van der Waals surface area contributed by atoms with Crippen molar-refractivity contribution in [1.29, 1.82) is 0 Å². The maximum atomic E-state index is 12.7. The highest BCUT2D eigenvalue weighted by Gasteiger charge is 2.15. The van der Waals surface area contributed by atoms with Crippen molar-refractivity contribution in [2.45, 2.75) is 20.0 Å². The van der Waals surface area contributed by atoms with Crippen molar-refractivity contribution < 1.29 is 14.3 Å². The van der Waals surface area contributed by atoms with Crippen LogP contribution in [0.15, 0.2) is 59.6 Å². The third-order valence-corrected chi connectivity index (χ3v) is 4.84. The van der Waals surface area contributed by atoms with Crippen LogP contribution in [0, 0.1) is 0 Å². The minimum atomic E-state index is -0.181. The van der Waals surface area contributed by atoms with Crippen molar-refractivity contribution in [2.75, 3.05) is 13.7 Å². The zero-order valence-corrected chi connectivity index (χ0v) is 17.4. The Bertz CT molecular complexity index is 942. The van der Waals surface area contributed by atoms with Crippen LogP contribution in [0.4, 0.5) is 0 Å². The molecule has 0 bridgehead atoms. The maximum Gasteiger partial charge on any atom is 0.251 e. The second-order valence-electron chi connectivity index (χ2n) is 6.11. The van der Waals surface area contributed by atoms with Crippen molar-refractivity contribution in [2.24, 2.45) is 0 Å². The van der Waals surface area contributed by atoms with Crippen LogP contribution in [0.3, 0.4) is 0 Å². The summed E-state index contributed by atoms with van der Waals surface area (Å²) in [5, 5.41) is 2.98. The van der Waals surface area contributed by atoms with E-state index in [9.17, 15) is 4.79 Å². The van der Waals surface area contributed by atoms with Crippen LogP contribution in [0.1, 0.15) is 28.4 Å². The highest BCUT2D eigenvalue weighted by Crippen LogP contribution is 2.36. The summed E-state index contributed by atoms with van der Waals surface area (Å²) in [6.07, 6.45) is 5.44. The summed E-state index contributed by atoms with van der Waals surface area (Å²) >= 11 is 3.46. The number of carbonyl (C=O) groups is 1. The van der Waals surface area contributed by atoms with E-state index in [1.165, 1.54) is 0 Å². The van der Waals surface area contributed by atoms with Crippen molar-refractivity contribution in [3.8, 4) is 11.5 Å². The quantitative estimate of drug-likeness (QED) is 0.570. The third kappa shape index (κ3) is 4.72. The van der Waals surface area contributed by atoms with E-state index in [0.29, 0.717) is 41.2 Å². The summed E-state index contributed by atoms with van der Waals surface area (Å²) in [7, 11) is 1.55. The molecular weight excluding hydrogens is 422 g/mol. The number of benzene rings is 2. The zero-order valence-electron chi connectivity index (χ0n) is 15.8. The third-order valence-electron chi connectivity index (χ3n) is 4.25. The summed E-state index contributed by atoms with van der Waals surface area (Å²) in [5.41, 5.74) is 2.69. The highest BCUT2D eigenvalue weighted by molar-refractivity contribution is 9.10. The van der Waals surface area contributed by atoms with E-state index in [4.69, 9.17) is 9.47 Å². The van der Waals surface area contributed by atoms with Gasteiger partial charge in [-0.05, 0) is 46.1 Å². The monoisotopic (exact) mass is 443 g/mol. The molecule has 0 aliphatic rings. The van der Waals surface area contributed by atoms with Gasteiger partial charge in [0.15, 0.2) is 11.5 Å². The lowest BCUT2D eigenvalue weighted by Gasteiger charge is -2.14. The van der Waals surface area contributed by atoms with Crippen molar-refractivity contribution in [1.82, 2.24) is 14.9 Å². The molecule has 1 N–H and O–H groups in total. The summed E-state index contributed by atoms with van der Waals surface area (Å²) < 4.78 is 13.6. The van der Waals surface area contributed by atoms with Crippen molar-refractivity contribution in [3.05, 3.63) is 76.3 Å². The summed E-state index contributed by atoms with van der Waals surface area (Å²) in [6.45, 7) is 3.53. The molecule has 0 aliphatic carbocycles. The number of hydrogen-bond acceptors (Lipinski definition) is 4. The number of amides is 1. The average Bonchev–Trinajstić information content (AvgIpc) is 3.21. The van der Waals surface area contributed by atoms with Crippen LogP contribution < -0.4 is 14.8 Å². The summed E-state index contributed by atoms with van der Waals surface area (Å²) in [5.74, 6) is 0.925. The van der Waals surface area contributed by atoms with Crippen LogP contribution in [0.2, 0.25) is 0 Å².